The molecule has 0 radical (unpaired) electrons. The molecule has 1 fully saturated rings. The molecule has 0 saturated carbocycles. The van der Waals surface area contributed by atoms with E-state index in [4.69, 9.17) is 11.6 Å². The van der Waals surface area contributed by atoms with Crippen molar-refractivity contribution in [2.24, 2.45) is 0 Å². The molecule has 0 aliphatic carbocycles. The standard InChI is InChI=1S/C17H27ClN2/c1-13(12-17-6-4-3-5-11-19-17)20-14(2)15-7-9-16(18)10-8-15/h7-10,13-14,17,19-20H,3-6,11-12H2,1-2H3. The van der Waals surface area contributed by atoms with E-state index in [1.54, 1.807) is 0 Å². The molecule has 3 unspecified atom stereocenters. The van der Waals surface area contributed by atoms with Crippen molar-refractivity contribution in [1.82, 2.24) is 10.6 Å². The molecule has 2 rings (SSSR count). The van der Waals surface area contributed by atoms with Gasteiger partial charge in [-0.1, -0.05) is 36.6 Å². The Balaban J connectivity index is 1.80. The largest absolute Gasteiger partial charge is 0.314 e. The van der Waals surface area contributed by atoms with Crippen LogP contribution in [0.2, 0.25) is 5.02 Å². The van der Waals surface area contributed by atoms with Gasteiger partial charge in [-0.3, -0.25) is 0 Å². The van der Waals surface area contributed by atoms with E-state index >= 15 is 0 Å². The van der Waals surface area contributed by atoms with Crippen molar-refractivity contribution < 1.29 is 0 Å². The van der Waals surface area contributed by atoms with Gasteiger partial charge in [-0.2, -0.15) is 0 Å². The van der Waals surface area contributed by atoms with Crippen LogP contribution in [-0.2, 0) is 0 Å². The highest BCUT2D eigenvalue weighted by molar-refractivity contribution is 6.30. The Labute approximate surface area is 128 Å². The quantitative estimate of drug-likeness (QED) is 0.846. The molecule has 1 aliphatic heterocycles. The fourth-order valence-electron chi connectivity index (χ4n) is 3.07. The topological polar surface area (TPSA) is 24.1 Å². The minimum Gasteiger partial charge on any atom is -0.314 e. The average molecular weight is 295 g/mol. The van der Waals surface area contributed by atoms with Crippen molar-refractivity contribution >= 4 is 11.6 Å². The SMILES string of the molecule is CC(CC1CCCCCN1)NC(C)c1ccc(Cl)cc1. The van der Waals surface area contributed by atoms with Crippen LogP contribution in [0.15, 0.2) is 24.3 Å². The van der Waals surface area contributed by atoms with Crippen LogP contribution in [-0.4, -0.2) is 18.6 Å². The highest BCUT2D eigenvalue weighted by Crippen LogP contribution is 2.18. The van der Waals surface area contributed by atoms with E-state index in [9.17, 15) is 0 Å². The van der Waals surface area contributed by atoms with Crippen molar-refractivity contribution in [2.75, 3.05) is 6.54 Å². The Morgan fingerprint density at radius 3 is 2.70 bits per heavy atom. The summed E-state index contributed by atoms with van der Waals surface area (Å²) in [5, 5.41) is 8.18. The molecule has 0 amide bonds. The fraction of sp³-hybridized carbons (Fsp3) is 0.647. The molecule has 20 heavy (non-hydrogen) atoms. The lowest BCUT2D eigenvalue weighted by atomic mass is 10.0. The summed E-state index contributed by atoms with van der Waals surface area (Å²) in [5.41, 5.74) is 1.30. The van der Waals surface area contributed by atoms with E-state index in [1.807, 2.05) is 12.1 Å². The van der Waals surface area contributed by atoms with Crippen molar-refractivity contribution in [3.63, 3.8) is 0 Å². The molecule has 3 atom stereocenters. The fourth-order valence-corrected chi connectivity index (χ4v) is 3.20. The first-order valence-corrected chi connectivity index (χ1v) is 8.28. The lowest BCUT2D eigenvalue weighted by molar-refractivity contribution is 0.380. The normalized spacial score (nSPS) is 23.1. The van der Waals surface area contributed by atoms with E-state index in [1.165, 1.54) is 44.2 Å². The van der Waals surface area contributed by atoms with Gasteiger partial charge in [-0.15, -0.1) is 0 Å². The minimum absolute atomic E-state index is 0.369. The summed E-state index contributed by atoms with van der Waals surface area (Å²) in [6, 6.07) is 9.72. The zero-order chi connectivity index (χ0) is 14.4. The Bertz CT molecular complexity index is 382. The maximum atomic E-state index is 5.94. The van der Waals surface area contributed by atoms with Gasteiger partial charge in [0.2, 0.25) is 0 Å². The first-order valence-electron chi connectivity index (χ1n) is 7.90. The smallest absolute Gasteiger partial charge is 0.0406 e. The molecule has 0 spiro atoms. The Morgan fingerprint density at radius 1 is 1.20 bits per heavy atom. The van der Waals surface area contributed by atoms with Gasteiger partial charge in [0.1, 0.15) is 0 Å². The highest BCUT2D eigenvalue weighted by atomic mass is 35.5. The lowest BCUT2D eigenvalue weighted by Crippen LogP contribution is -2.37. The second-order valence-corrected chi connectivity index (χ2v) is 6.51. The van der Waals surface area contributed by atoms with Crippen LogP contribution in [0.3, 0.4) is 0 Å². The van der Waals surface area contributed by atoms with Gasteiger partial charge in [0.15, 0.2) is 0 Å². The summed E-state index contributed by atoms with van der Waals surface area (Å²) in [7, 11) is 0. The summed E-state index contributed by atoms with van der Waals surface area (Å²) in [6.45, 7) is 5.70. The predicted octanol–water partition coefficient (Wildman–Crippen LogP) is 4.30. The Kier molecular flexibility index (Phi) is 6.34. The van der Waals surface area contributed by atoms with Gasteiger partial charge in [0.05, 0.1) is 0 Å². The van der Waals surface area contributed by atoms with E-state index < -0.39 is 0 Å². The Hall–Kier alpha value is -0.570. The van der Waals surface area contributed by atoms with Gasteiger partial charge in [-0.05, 0) is 57.4 Å². The van der Waals surface area contributed by atoms with Crippen LogP contribution in [0.5, 0.6) is 0 Å². The van der Waals surface area contributed by atoms with Gasteiger partial charge in [-0.25, -0.2) is 0 Å². The third-order valence-corrected chi connectivity index (χ3v) is 4.46. The van der Waals surface area contributed by atoms with Crippen LogP contribution in [0.4, 0.5) is 0 Å². The molecule has 1 aromatic carbocycles. The number of benzene rings is 1. The van der Waals surface area contributed by atoms with Crippen LogP contribution in [0, 0.1) is 0 Å². The summed E-state index contributed by atoms with van der Waals surface area (Å²) in [5.74, 6) is 0. The molecule has 3 heteroatoms. The molecule has 1 aromatic rings. The van der Waals surface area contributed by atoms with Gasteiger partial charge in [0, 0.05) is 23.1 Å². The molecule has 1 saturated heterocycles. The number of halogens is 1. The first-order chi connectivity index (χ1) is 9.65. The molecular formula is C17H27ClN2. The third kappa shape index (κ3) is 5.08. The molecule has 0 aromatic heterocycles. The molecule has 2 N–H and O–H groups in total. The van der Waals surface area contributed by atoms with E-state index in [2.05, 4.69) is 36.6 Å². The second-order valence-electron chi connectivity index (χ2n) is 6.08. The Morgan fingerprint density at radius 2 is 1.95 bits per heavy atom. The molecular weight excluding hydrogens is 268 g/mol. The maximum absolute atomic E-state index is 5.94. The van der Waals surface area contributed by atoms with Crippen LogP contribution in [0.1, 0.15) is 57.6 Å². The zero-order valence-electron chi connectivity index (χ0n) is 12.7. The second kappa shape index (κ2) is 8.02. The van der Waals surface area contributed by atoms with Crippen molar-refractivity contribution in [2.45, 2.75) is 64.1 Å². The van der Waals surface area contributed by atoms with Gasteiger partial charge in [0.25, 0.3) is 0 Å². The zero-order valence-corrected chi connectivity index (χ0v) is 13.4. The summed E-state index contributed by atoms with van der Waals surface area (Å²) in [4.78, 5) is 0. The van der Waals surface area contributed by atoms with E-state index in [0.717, 1.165) is 5.02 Å². The summed E-state index contributed by atoms with van der Waals surface area (Å²) in [6.07, 6.45) is 6.61. The molecule has 0 bridgehead atoms. The molecule has 112 valence electrons. The molecule has 1 aliphatic rings. The minimum atomic E-state index is 0.369. The average Bonchev–Trinajstić information content (AvgIpc) is 2.68. The van der Waals surface area contributed by atoms with Crippen molar-refractivity contribution in [1.29, 1.82) is 0 Å². The molecule has 1 heterocycles. The number of hydrogen-bond donors (Lipinski definition) is 2. The van der Waals surface area contributed by atoms with Crippen LogP contribution < -0.4 is 10.6 Å². The maximum Gasteiger partial charge on any atom is 0.0406 e. The monoisotopic (exact) mass is 294 g/mol. The highest BCUT2D eigenvalue weighted by Gasteiger charge is 2.16. The van der Waals surface area contributed by atoms with Crippen molar-refractivity contribution in [3.05, 3.63) is 34.9 Å². The van der Waals surface area contributed by atoms with Crippen molar-refractivity contribution in [3.8, 4) is 0 Å². The number of hydrogen-bond acceptors (Lipinski definition) is 2. The van der Waals surface area contributed by atoms with Gasteiger partial charge < -0.3 is 10.6 Å². The summed E-state index contributed by atoms with van der Waals surface area (Å²) >= 11 is 5.94. The van der Waals surface area contributed by atoms with Crippen LogP contribution >= 0.6 is 11.6 Å². The number of nitrogens with one attached hydrogen (secondary N) is 2. The third-order valence-electron chi connectivity index (χ3n) is 4.20. The first kappa shape index (κ1) is 15.8. The number of rotatable bonds is 5. The van der Waals surface area contributed by atoms with E-state index in [0.29, 0.717) is 18.1 Å². The van der Waals surface area contributed by atoms with Crippen LogP contribution in [0.25, 0.3) is 0 Å². The lowest BCUT2D eigenvalue weighted by Gasteiger charge is -2.25. The van der Waals surface area contributed by atoms with E-state index in [-0.39, 0.29) is 0 Å². The molecule has 2 nitrogen and oxygen atoms in total. The predicted molar refractivity (Wildman–Crippen MR) is 87.3 cm³/mol. The van der Waals surface area contributed by atoms with Gasteiger partial charge >= 0.3 is 0 Å². The summed E-state index contributed by atoms with van der Waals surface area (Å²) < 4.78 is 0.